The molecule has 0 atom stereocenters. The van der Waals surface area contributed by atoms with Crippen molar-refractivity contribution in [1.29, 1.82) is 0 Å². The van der Waals surface area contributed by atoms with Crippen LogP contribution in [0.2, 0.25) is 0 Å². The van der Waals surface area contributed by atoms with Gasteiger partial charge in [-0.2, -0.15) is 4.99 Å². The maximum Gasteiger partial charge on any atom is 0.207 e. The third-order valence-corrected chi connectivity index (χ3v) is 6.63. The number of hydrogen-bond acceptors (Lipinski definition) is 1. The summed E-state index contributed by atoms with van der Waals surface area (Å²) in [6, 6.07) is 44.8. The Bertz CT molecular complexity index is 1620. The van der Waals surface area contributed by atoms with E-state index in [1.807, 2.05) is 77.7 Å². The van der Waals surface area contributed by atoms with E-state index in [0.717, 1.165) is 44.8 Å². The molecule has 182 valence electrons. The zero-order valence-electron chi connectivity index (χ0n) is 20.8. The molecule has 0 spiro atoms. The van der Waals surface area contributed by atoms with Crippen LogP contribution in [0.25, 0.3) is 28.0 Å². The lowest BCUT2D eigenvalue weighted by Gasteiger charge is -2.26. The standard InChI is InChI=1S/C34H26N4/c1-24(25-14-4-2-5-15-25)36-33(26-16-6-3-7-17-26)37-34(35)38-31-22-12-10-20-29(31)27-18-8-9-19-28(27)30-21-11-13-23-32(30)38/h2-23H,1H2,(H2,35,36,37). The first-order valence-corrected chi connectivity index (χ1v) is 12.5. The Hall–Kier alpha value is -5.22. The Morgan fingerprint density at radius 1 is 0.500 bits per heavy atom. The zero-order chi connectivity index (χ0) is 25.9. The fourth-order valence-electron chi connectivity index (χ4n) is 4.84. The van der Waals surface area contributed by atoms with Crippen molar-refractivity contribution in [2.75, 3.05) is 4.90 Å². The van der Waals surface area contributed by atoms with Crippen molar-refractivity contribution in [3.8, 4) is 22.3 Å². The third kappa shape index (κ3) is 4.29. The van der Waals surface area contributed by atoms with Crippen LogP contribution >= 0.6 is 0 Å². The number of hydrogen-bond donors (Lipinski definition) is 1. The van der Waals surface area contributed by atoms with Crippen molar-refractivity contribution in [3.05, 3.63) is 151 Å². The van der Waals surface area contributed by atoms with Gasteiger partial charge >= 0.3 is 0 Å². The Morgan fingerprint density at radius 3 is 1.45 bits per heavy atom. The summed E-state index contributed by atoms with van der Waals surface area (Å²) in [5, 5.41) is 0. The van der Waals surface area contributed by atoms with E-state index in [4.69, 9.17) is 15.7 Å². The van der Waals surface area contributed by atoms with Crippen LogP contribution < -0.4 is 10.6 Å². The topological polar surface area (TPSA) is 54.0 Å². The molecule has 0 unspecified atom stereocenters. The summed E-state index contributed by atoms with van der Waals surface area (Å²) < 4.78 is 0. The molecule has 1 aliphatic heterocycles. The van der Waals surface area contributed by atoms with E-state index in [9.17, 15) is 0 Å². The smallest absolute Gasteiger partial charge is 0.207 e. The Kier molecular flexibility index (Phi) is 6.12. The van der Waals surface area contributed by atoms with Crippen LogP contribution in [-0.2, 0) is 0 Å². The number of amidine groups is 1. The van der Waals surface area contributed by atoms with Gasteiger partial charge in [-0.25, -0.2) is 4.99 Å². The first-order chi connectivity index (χ1) is 18.7. The fraction of sp³-hybridized carbons (Fsp3) is 0. The molecule has 5 aromatic carbocycles. The number of nitrogens with two attached hydrogens (primary N) is 1. The van der Waals surface area contributed by atoms with Crippen molar-refractivity contribution in [3.63, 3.8) is 0 Å². The summed E-state index contributed by atoms with van der Waals surface area (Å²) in [5.74, 6) is 0.815. The van der Waals surface area contributed by atoms with E-state index in [1.54, 1.807) is 0 Å². The number of anilines is 2. The van der Waals surface area contributed by atoms with Crippen molar-refractivity contribution >= 4 is 28.9 Å². The van der Waals surface area contributed by atoms with Gasteiger partial charge in [0.05, 0.1) is 17.1 Å². The number of para-hydroxylation sites is 2. The maximum absolute atomic E-state index is 6.90. The Labute approximate surface area is 222 Å². The first kappa shape index (κ1) is 23.2. The molecule has 38 heavy (non-hydrogen) atoms. The molecule has 4 heteroatoms. The fourth-order valence-corrected chi connectivity index (χ4v) is 4.84. The Balaban J connectivity index is 1.55. The third-order valence-electron chi connectivity index (χ3n) is 6.63. The predicted molar refractivity (Wildman–Crippen MR) is 160 cm³/mol. The van der Waals surface area contributed by atoms with E-state index < -0.39 is 0 Å². The lowest BCUT2D eigenvalue weighted by molar-refractivity contribution is 1.30. The molecule has 0 saturated carbocycles. The molecule has 1 heterocycles. The molecule has 2 N–H and O–H groups in total. The lowest BCUT2D eigenvalue weighted by atomic mass is 9.95. The average Bonchev–Trinajstić information content (AvgIpc) is 3.10. The molecule has 0 amide bonds. The molecule has 0 radical (unpaired) electrons. The quantitative estimate of drug-likeness (QED) is 0.206. The molecule has 0 bridgehead atoms. The molecule has 4 nitrogen and oxygen atoms in total. The average molecular weight is 491 g/mol. The van der Waals surface area contributed by atoms with Gasteiger partial charge < -0.3 is 5.73 Å². The zero-order valence-corrected chi connectivity index (χ0v) is 20.8. The molecule has 0 aliphatic carbocycles. The normalized spacial score (nSPS) is 12.7. The summed E-state index contributed by atoms with van der Waals surface area (Å²) >= 11 is 0. The van der Waals surface area contributed by atoms with Crippen molar-refractivity contribution in [1.82, 2.24) is 0 Å². The van der Waals surface area contributed by atoms with Crippen molar-refractivity contribution < 1.29 is 0 Å². The van der Waals surface area contributed by atoms with E-state index in [2.05, 4.69) is 67.2 Å². The molecule has 0 fully saturated rings. The lowest BCUT2D eigenvalue weighted by Crippen LogP contribution is -2.34. The summed E-state index contributed by atoms with van der Waals surface area (Å²) in [6.45, 7) is 4.21. The largest absolute Gasteiger partial charge is 0.369 e. The van der Waals surface area contributed by atoms with Crippen LogP contribution in [0.5, 0.6) is 0 Å². The second-order valence-corrected chi connectivity index (χ2v) is 9.00. The van der Waals surface area contributed by atoms with E-state index in [-0.39, 0.29) is 0 Å². The monoisotopic (exact) mass is 490 g/mol. The van der Waals surface area contributed by atoms with Gasteiger partial charge in [-0.1, -0.05) is 128 Å². The van der Waals surface area contributed by atoms with E-state index >= 15 is 0 Å². The van der Waals surface area contributed by atoms with Crippen LogP contribution in [0.3, 0.4) is 0 Å². The van der Waals surface area contributed by atoms with Gasteiger partial charge in [0.25, 0.3) is 0 Å². The van der Waals surface area contributed by atoms with Crippen molar-refractivity contribution in [2.45, 2.75) is 0 Å². The summed E-state index contributed by atoms with van der Waals surface area (Å²) in [6.07, 6.45) is 0. The SMILES string of the molecule is C=C(N=C(N=C(N)N1c2ccccc2-c2ccccc2-c2ccccc21)c1ccccc1)c1ccccc1. The number of nitrogens with zero attached hydrogens (tertiary/aromatic N) is 3. The highest BCUT2D eigenvalue weighted by atomic mass is 15.3. The molecular formula is C34H26N4. The van der Waals surface area contributed by atoms with Gasteiger partial charge in [0.2, 0.25) is 5.96 Å². The number of rotatable bonds is 3. The van der Waals surface area contributed by atoms with Gasteiger partial charge in [-0.05, 0) is 28.8 Å². The van der Waals surface area contributed by atoms with E-state index in [0.29, 0.717) is 17.5 Å². The molecule has 0 aromatic heterocycles. The number of benzene rings is 5. The van der Waals surface area contributed by atoms with Crippen LogP contribution in [0, 0.1) is 0 Å². The maximum atomic E-state index is 6.90. The number of fused-ring (bicyclic) bond motifs is 5. The first-order valence-electron chi connectivity index (χ1n) is 12.5. The molecular weight excluding hydrogens is 464 g/mol. The van der Waals surface area contributed by atoms with Crippen LogP contribution in [-0.4, -0.2) is 11.8 Å². The predicted octanol–water partition coefficient (Wildman–Crippen LogP) is 7.90. The van der Waals surface area contributed by atoms with E-state index in [1.165, 1.54) is 0 Å². The van der Waals surface area contributed by atoms with Crippen LogP contribution in [0.4, 0.5) is 11.4 Å². The molecule has 0 saturated heterocycles. The summed E-state index contributed by atoms with van der Waals surface area (Å²) in [7, 11) is 0. The van der Waals surface area contributed by atoms with Gasteiger partial charge in [0.15, 0.2) is 5.84 Å². The van der Waals surface area contributed by atoms with Gasteiger partial charge in [0.1, 0.15) is 0 Å². The van der Waals surface area contributed by atoms with Gasteiger partial charge in [0, 0.05) is 16.7 Å². The highest BCUT2D eigenvalue weighted by Gasteiger charge is 2.26. The second-order valence-electron chi connectivity index (χ2n) is 9.00. The van der Waals surface area contributed by atoms with Crippen LogP contribution in [0.1, 0.15) is 11.1 Å². The Morgan fingerprint density at radius 2 is 0.921 bits per heavy atom. The summed E-state index contributed by atoms with van der Waals surface area (Å²) in [4.78, 5) is 11.8. The second kappa shape index (κ2) is 10.0. The molecule has 5 aromatic rings. The molecule has 6 rings (SSSR count). The number of guanidine groups is 1. The van der Waals surface area contributed by atoms with Gasteiger partial charge in [-0.15, -0.1) is 0 Å². The molecule has 1 aliphatic rings. The van der Waals surface area contributed by atoms with Gasteiger partial charge in [-0.3, -0.25) is 4.90 Å². The van der Waals surface area contributed by atoms with Crippen LogP contribution in [0.15, 0.2) is 150 Å². The summed E-state index contributed by atoms with van der Waals surface area (Å²) in [5.41, 5.74) is 15.7. The van der Waals surface area contributed by atoms with Crippen molar-refractivity contribution in [2.24, 2.45) is 15.7 Å². The number of aliphatic imine (C=N–C) groups is 2. The highest BCUT2D eigenvalue weighted by molar-refractivity contribution is 6.16. The minimum Gasteiger partial charge on any atom is -0.369 e. The highest BCUT2D eigenvalue weighted by Crippen LogP contribution is 2.47. The minimum absolute atomic E-state index is 0.321. The minimum atomic E-state index is 0.321.